The maximum atomic E-state index is 12.2. The summed E-state index contributed by atoms with van der Waals surface area (Å²) in [5.74, 6) is -1.12. The third kappa shape index (κ3) is 3.83. The molecule has 0 aliphatic rings. The van der Waals surface area contributed by atoms with Crippen LogP contribution in [0.3, 0.4) is 0 Å². The Morgan fingerprint density at radius 2 is 1.65 bits per heavy atom. The van der Waals surface area contributed by atoms with E-state index in [1.54, 1.807) is 18.2 Å². The van der Waals surface area contributed by atoms with Crippen molar-refractivity contribution in [1.82, 2.24) is 5.32 Å². The number of carboxylic acid groups (broad SMARTS) is 1. The summed E-state index contributed by atoms with van der Waals surface area (Å²) < 4.78 is 0. The predicted molar refractivity (Wildman–Crippen MR) is 78.9 cm³/mol. The Morgan fingerprint density at radius 1 is 1.10 bits per heavy atom. The molecule has 4 heteroatoms. The number of aromatic carboxylic acids is 1. The first kappa shape index (κ1) is 16.2. The summed E-state index contributed by atoms with van der Waals surface area (Å²) in [6, 6.07) is 6.63. The minimum atomic E-state index is -0.999. The van der Waals surface area contributed by atoms with E-state index in [4.69, 9.17) is 5.11 Å². The molecule has 4 nitrogen and oxygen atoms in total. The number of nitrogens with one attached hydrogen (secondary N) is 1. The zero-order valence-corrected chi connectivity index (χ0v) is 12.4. The van der Waals surface area contributed by atoms with Gasteiger partial charge in [0.2, 0.25) is 5.91 Å². The smallest absolute Gasteiger partial charge is 0.335 e. The standard InChI is InChI=1S/C16H23NO3/c1-4-16(5-2,6-3)17-14(18)11-12-9-7-8-10-13(12)15(19)20/h7-10H,4-6,11H2,1-3H3,(H,17,18)(H,19,20). The van der Waals surface area contributed by atoms with Gasteiger partial charge in [0.15, 0.2) is 0 Å². The summed E-state index contributed by atoms with van der Waals surface area (Å²) in [6.45, 7) is 6.16. The van der Waals surface area contributed by atoms with Crippen LogP contribution in [0.25, 0.3) is 0 Å². The van der Waals surface area contributed by atoms with Gasteiger partial charge >= 0.3 is 5.97 Å². The number of hydrogen-bond donors (Lipinski definition) is 2. The van der Waals surface area contributed by atoms with Gasteiger partial charge in [-0.3, -0.25) is 4.79 Å². The number of hydrogen-bond acceptors (Lipinski definition) is 2. The molecule has 1 rings (SSSR count). The number of rotatable bonds is 7. The first-order valence-electron chi connectivity index (χ1n) is 7.10. The Bertz CT molecular complexity index is 470. The van der Waals surface area contributed by atoms with Crippen molar-refractivity contribution < 1.29 is 14.7 Å². The van der Waals surface area contributed by atoms with Crippen molar-refractivity contribution in [2.24, 2.45) is 0 Å². The number of benzene rings is 1. The van der Waals surface area contributed by atoms with E-state index >= 15 is 0 Å². The minimum Gasteiger partial charge on any atom is -0.478 e. The quantitative estimate of drug-likeness (QED) is 0.805. The summed E-state index contributed by atoms with van der Waals surface area (Å²) in [5.41, 5.74) is 0.558. The highest BCUT2D eigenvalue weighted by Gasteiger charge is 2.26. The minimum absolute atomic E-state index is 0.101. The van der Waals surface area contributed by atoms with Gasteiger partial charge in [0, 0.05) is 5.54 Å². The summed E-state index contributed by atoms with van der Waals surface area (Å²) >= 11 is 0. The monoisotopic (exact) mass is 277 g/mol. The molecule has 0 radical (unpaired) electrons. The average Bonchev–Trinajstić information content (AvgIpc) is 2.45. The molecule has 0 saturated carbocycles. The molecule has 0 heterocycles. The van der Waals surface area contributed by atoms with Crippen molar-refractivity contribution in [3.63, 3.8) is 0 Å². The van der Waals surface area contributed by atoms with Gasteiger partial charge in [-0.25, -0.2) is 4.79 Å². The highest BCUT2D eigenvalue weighted by atomic mass is 16.4. The SMILES string of the molecule is CCC(CC)(CC)NC(=O)Cc1ccccc1C(=O)O. The molecule has 1 aromatic rings. The van der Waals surface area contributed by atoms with E-state index in [-0.39, 0.29) is 23.4 Å². The lowest BCUT2D eigenvalue weighted by Gasteiger charge is -2.32. The second-order valence-corrected chi connectivity index (χ2v) is 5.03. The van der Waals surface area contributed by atoms with Crippen LogP contribution in [-0.2, 0) is 11.2 Å². The molecule has 0 unspecified atom stereocenters. The molecule has 2 N–H and O–H groups in total. The van der Waals surface area contributed by atoms with E-state index in [2.05, 4.69) is 26.1 Å². The molecule has 110 valence electrons. The third-order valence-electron chi connectivity index (χ3n) is 4.03. The molecule has 20 heavy (non-hydrogen) atoms. The van der Waals surface area contributed by atoms with E-state index in [9.17, 15) is 9.59 Å². The molecule has 1 amide bonds. The van der Waals surface area contributed by atoms with Crippen molar-refractivity contribution in [3.8, 4) is 0 Å². The topological polar surface area (TPSA) is 66.4 Å². The first-order valence-corrected chi connectivity index (χ1v) is 7.10. The van der Waals surface area contributed by atoms with Crippen molar-refractivity contribution in [2.75, 3.05) is 0 Å². The van der Waals surface area contributed by atoms with E-state index in [0.717, 1.165) is 19.3 Å². The summed E-state index contributed by atoms with van der Waals surface area (Å²) in [7, 11) is 0. The summed E-state index contributed by atoms with van der Waals surface area (Å²) in [6.07, 6.45) is 2.70. The van der Waals surface area contributed by atoms with Crippen LogP contribution >= 0.6 is 0 Å². The van der Waals surface area contributed by atoms with Crippen molar-refractivity contribution in [1.29, 1.82) is 0 Å². The molecule has 0 aliphatic heterocycles. The van der Waals surface area contributed by atoms with E-state index < -0.39 is 5.97 Å². The number of amides is 1. The van der Waals surface area contributed by atoms with E-state index in [0.29, 0.717) is 5.56 Å². The molecule has 0 fully saturated rings. The normalized spacial score (nSPS) is 11.2. The van der Waals surface area contributed by atoms with Gasteiger partial charge in [0.25, 0.3) is 0 Å². The lowest BCUT2D eigenvalue weighted by molar-refractivity contribution is -0.122. The molecule has 1 aromatic carbocycles. The molecule has 0 aliphatic carbocycles. The van der Waals surface area contributed by atoms with Crippen LogP contribution in [0.15, 0.2) is 24.3 Å². The first-order chi connectivity index (χ1) is 9.48. The Kier molecular flexibility index (Phi) is 5.74. The Morgan fingerprint density at radius 3 is 2.15 bits per heavy atom. The van der Waals surface area contributed by atoms with E-state index in [1.807, 2.05) is 0 Å². The predicted octanol–water partition coefficient (Wildman–Crippen LogP) is 3.01. The molecule has 0 atom stereocenters. The van der Waals surface area contributed by atoms with Crippen LogP contribution in [0.2, 0.25) is 0 Å². The van der Waals surface area contributed by atoms with Crippen LogP contribution < -0.4 is 5.32 Å². The van der Waals surface area contributed by atoms with Gasteiger partial charge in [-0.15, -0.1) is 0 Å². The van der Waals surface area contributed by atoms with Gasteiger partial charge in [0.05, 0.1) is 12.0 Å². The molecular formula is C16H23NO3. The molecule has 0 saturated heterocycles. The van der Waals surface area contributed by atoms with Gasteiger partial charge in [-0.1, -0.05) is 39.0 Å². The Labute approximate surface area is 120 Å². The van der Waals surface area contributed by atoms with E-state index in [1.165, 1.54) is 6.07 Å². The average molecular weight is 277 g/mol. The van der Waals surface area contributed by atoms with Crippen LogP contribution in [0, 0.1) is 0 Å². The van der Waals surface area contributed by atoms with Gasteiger partial charge < -0.3 is 10.4 Å². The lowest BCUT2D eigenvalue weighted by Crippen LogP contribution is -2.47. The summed E-state index contributed by atoms with van der Waals surface area (Å²) in [5, 5.41) is 12.2. The molecular weight excluding hydrogens is 254 g/mol. The maximum Gasteiger partial charge on any atom is 0.335 e. The van der Waals surface area contributed by atoms with Crippen LogP contribution in [0.4, 0.5) is 0 Å². The van der Waals surface area contributed by atoms with Crippen molar-refractivity contribution in [3.05, 3.63) is 35.4 Å². The fourth-order valence-electron chi connectivity index (χ4n) is 2.41. The number of carbonyl (C=O) groups is 2. The lowest BCUT2D eigenvalue weighted by atomic mass is 9.89. The van der Waals surface area contributed by atoms with Crippen molar-refractivity contribution in [2.45, 2.75) is 52.0 Å². The van der Waals surface area contributed by atoms with Crippen LogP contribution in [0.1, 0.15) is 56.0 Å². The second-order valence-electron chi connectivity index (χ2n) is 5.03. The zero-order valence-electron chi connectivity index (χ0n) is 12.4. The maximum absolute atomic E-state index is 12.2. The van der Waals surface area contributed by atoms with Crippen molar-refractivity contribution >= 4 is 11.9 Å². The number of carboxylic acids is 1. The largest absolute Gasteiger partial charge is 0.478 e. The van der Waals surface area contributed by atoms with Gasteiger partial charge in [0.1, 0.15) is 0 Å². The zero-order chi connectivity index (χ0) is 15.2. The van der Waals surface area contributed by atoms with Crippen LogP contribution in [0.5, 0.6) is 0 Å². The fourth-order valence-corrected chi connectivity index (χ4v) is 2.41. The molecule has 0 aromatic heterocycles. The highest BCUT2D eigenvalue weighted by Crippen LogP contribution is 2.19. The van der Waals surface area contributed by atoms with Gasteiger partial charge in [-0.2, -0.15) is 0 Å². The van der Waals surface area contributed by atoms with Gasteiger partial charge in [-0.05, 0) is 30.9 Å². The second kappa shape index (κ2) is 7.08. The Hall–Kier alpha value is -1.84. The Balaban J connectivity index is 2.84. The summed E-state index contributed by atoms with van der Waals surface area (Å²) in [4.78, 5) is 23.3. The molecule has 0 spiro atoms. The highest BCUT2D eigenvalue weighted by molar-refractivity contribution is 5.91. The third-order valence-corrected chi connectivity index (χ3v) is 4.03. The fraction of sp³-hybridized carbons (Fsp3) is 0.500. The van der Waals surface area contributed by atoms with Crippen LogP contribution in [-0.4, -0.2) is 22.5 Å². The number of carbonyl (C=O) groups excluding carboxylic acids is 1. The molecule has 0 bridgehead atoms.